The van der Waals surface area contributed by atoms with E-state index in [9.17, 15) is 22.8 Å². The monoisotopic (exact) mass is 347 g/mol. The zero-order valence-electron chi connectivity index (χ0n) is 13.6. The number of alkyl halides is 3. The average Bonchev–Trinajstić information content (AvgIpc) is 3.02. The van der Waals surface area contributed by atoms with Gasteiger partial charge in [-0.3, -0.25) is 4.79 Å². The molecule has 136 valence electrons. The zero-order valence-corrected chi connectivity index (χ0v) is 13.6. The molecule has 2 atom stereocenters. The molecule has 2 aliphatic carbocycles. The number of amides is 3. The fourth-order valence-electron chi connectivity index (χ4n) is 3.78. The second kappa shape index (κ2) is 6.80. The summed E-state index contributed by atoms with van der Waals surface area (Å²) < 4.78 is 40.0. The average molecular weight is 347 g/mol. The summed E-state index contributed by atoms with van der Waals surface area (Å²) >= 11 is 0. The van der Waals surface area contributed by atoms with Crippen LogP contribution < -0.4 is 10.6 Å². The summed E-state index contributed by atoms with van der Waals surface area (Å²) in [5.41, 5.74) is 0. The predicted octanol–water partition coefficient (Wildman–Crippen LogP) is 2.56. The van der Waals surface area contributed by atoms with Crippen LogP contribution in [0.3, 0.4) is 0 Å². The lowest BCUT2D eigenvalue weighted by Gasteiger charge is -2.31. The Bertz CT molecular complexity index is 487. The highest BCUT2D eigenvalue weighted by Gasteiger charge is 2.47. The maximum atomic E-state index is 13.3. The SMILES string of the molecule is O=C(NC1CC1)[C@H]1CCCN1C(=O)N[C@H](C1CCCC1)C(F)(F)F. The van der Waals surface area contributed by atoms with Gasteiger partial charge in [0.1, 0.15) is 12.1 Å². The third-order valence-electron chi connectivity index (χ3n) is 5.24. The Hall–Kier alpha value is -1.47. The van der Waals surface area contributed by atoms with E-state index in [0.717, 1.165) is 25.7 Å². The molecule has 0 aromatic heterocycles. The minimum atomic E-state index is -4.46. The summed E-state index contributed by atoms with van der Waals surface area (Å²) in [5.74, 6) is -0.801. The van der Waals surface area contributed by atoms with E-state index < -0.39 is 30.2 Å². The van der Waals surface area contributed by atoms with Crippen LogP contribution in [0.2, 0.25) is 0 Å². The number of rotatable bonds is 4. The van der Waals surface area contributed by atoms with E-state index in [2.05, 4.69) is 10.6 Å². The first-order valence-electron chi connectivity index (χ1n) is 8.80. The van der Waals surface area contributed by atoms with Gasteiger partial charge in [-0.25, -0.2) is 4.79 Å². The number of hydrogen-bond donors (Lipinski definition) is 2. The Morgan fingerprint density at radius 3 is 2.25 bits per heavy atom. The van der Waals surface area contributed by atoms with Gasteiger partial charge < -0.3 is 15.5 Å². The van der Waals surface area contributed by atoms with Crippen LogP contribution in [-0.4, -0.2) is 47.7 Å². The van der Waals surface area contributed by atoms with Crippen molar-refractivity contribution < 1.29 is 22.8 Å². The fraction of sp³-hybridized carbons (Fsp3) is 0.875. The normalized spacial score (nSPS) is 26.5. The maximum Gasteiger partial charge on any atom is 0.408 e. The van der Waals surface area contributed by atoms with E-state index in [1.54, 1.807) is 0 Å². The molecule has 0 unspecified atom stereocenters. The van der Waals surface area contributed by atoms with E-state index in [1.165, 1.54) is 4.90 Å². The molecule has 2 N–H and O–H groups in total. The molecule has 1 saturated heterocycles. The topological polar surface area (TPSA) is 61.4 Å². The largest absolute Gasteiger partial charge is 0.408 e. The molecule has 1 heterocycles. The highest BCUT2D eigenvalue weighted by Crippen LogP contribution is 2.36. The Kier molecular flexibility index (Phi) is 4.92. The van der Waals surface area contributed by atoms with Crippen LogP contribution in [0.1, 0.15) is 51.4 Å². The smallest absolute Gasteiger partial charge is 0.352 e. The van der Waals surface area contributed by atoms with Crippen molar-refractivity contribution in [2.75, 3.05) is 6.54 Å². The first-order chi connectivity index (χ1) is 11.4. The number of hydrogen-bond acceptors (Lipinski definition) is 2. The molecule has 1 aliphatic heterocycles. The Balaban J connectivity index is 1.63. The van der Waals surface area contributed by atoms with Crippen LogP contribution in [-0.2, 0) is 4.79 Å². The summed E-state index contributed by atoms with van der Waals surface area (Å²) in [6, 6.07) is -3.06. The van der Waals surface area contributed by atoms with E-state index >= 15 is 0 Å². The van der Waals surface area contributed by atoms with Crippen molar-refractivity contribution in [3.63, 3.8) is 0 Å². The van der Waals surface area contributed by atoms with Crippen LogP contribution in [0.5, 0.6) is 0 Å². The van der Waals surface area contributed by atoms with Crippen LogP contribution in [0, 0.1) is 5.92 Å². The Labute approximate surface area is 139 Å². The second-order valence-electron chi connectivity index (χ2n) is 7.15. The van der Waals surface area contributed by atoms with E-state index in [0.29, 0.717) is 32.2 Å². The highest BCUT2D eigenvalue weighted by atomic mass is 19.4. The molecule has 8 heteroatoms. The van der Waals surface area contributed by atoms with Gasteiger partial charge in [-0.05, 0) is 44.4 Å². The van der Waals surface area contributed by atoms with Gasteiger partial charge in [-0.1, -0.05) is 12.8 Å². The fourth-order valence-corrected chi connectivity index (χ4v) is 3.78. The quantitative estimate of drug-likeness (QED) is 0.821. The second-order valence-corrected chi connectivity index (χ2v) is 7.15. The van der Waals surface area contributed by atoms with Gasteiger partial charge in [0.25, 0.3) is 0 Å². The first-order valence-corrected chi connectivity index (χ1v) is 8.80. The van der Waals surface area contributed by atoms with Crippen LogP contribution >= 0.6 is 0 Å². The molecule has 24 heavy (non-hydrogen) atoms. The number of carbonyl (C=O) groups is 2. The first kappa shape index (κ1) is 17.4. The Morgan fingerprint density at radius 2 is 1.67 bits per heavy atom. The van der Waals surface area contributed by atoms with Gasteiger partial charge in [-0.15, -0.1) is 0 Å². The number of nitrogens with zero attached hydrogens (tertiary/aromatic N) is 1. The standard InChI is InChI=1S/C16H24F3N3O2/c17-16(18,19)13(10-4-1-2-5-10)21-15(24)22-9-3-6-12(22)14(23)20-11-7-8-11/h10-13H,1-9H2,(H,20,23)(H,21,24)/t12-,13-/m1/s1. The summed E-state index contributed by atoms with van der Waals surface area (Å²) in [7, 11) is 0. The number of likely N-dealkylation sites (tertiary alicyclic amines) is 1. The van der Waals surface area contributed by atoms with Gasteiger partial charge in [0.05, 0.1) is 0 Å². The lowest BCUT2D eigenvalue weighted by molar-refractivity contribution is -0.165. The summed E-state index contributed by atoms with van der Waals surface area (Å²) in [6.07, 6.45) is 1.04. The molecular formula is C16H24F3N3O2. The lowest BCUT2D eigenvalue weighted by atomic mass is 9.98. The van der Waals surface area contributed by atoms with Crippen LogP contribution in [0.4, 0.5) is 18.0 Å². The van der Waals surface area contributed by atoms with Crippen LogP contribution in [0.25, 0.3) is 0 Å². The molecule has 0 aromatic carbocycles. The minimum absolute atomic E-state index is 0.171. The molecule has 0 spiro atoms. The maximum absolute atomic E-state index is 13.3. The minimum Gasteiger partial charge on any atom is -0.352 e. The van der Waals surface area contributed by atoms with Crippen molar-refractivity contribution in [2.24, 2.45) is 5.92 Å². The molecule has 0 radical (unpaired) electrons. The van der Waals surface area contributed by atoms with Gasteiger partial charge in [0.2, 0.25) is 5.91 Å². The van der Waals surface area contributed by atoms with Gasteiger partial charge in [0.15, 0.2) is 0 Å². The highest BCUT2D eigenvalue weighted by molar-refractivity contribution is 5.88. The Morgan fingerprint density at radius 1 is 1.00 bits per heavy atom. The van der Waals surface area contributed by atoms with Gasteiger partial charge in [-0.2, -0.15) is 13.2 Å². The van der Waals surface area contributed by atoms with Gasteiger partial charge in [0, 0.05) is 12.6 Å². The molecule has 0 aromatic rings. The van der Waals surface area contributed by atoms with E-state index in [4.69, 9.17) is 0 Å². The van der Waals surface area contributed by atoms with Crippen molar-refractivity contribution in [1.29, 1.82) is 0 Å². The predicted molar refractivity (Wildman–Crippen MR) is 81.2 cm³/mol. The van der Waals surface area contributed by atoms with E-state index in [-0.39, 0.29) is 11.9 Å². The van der Waals surface area contributed by atoms with Crippen molar-refractivity contribution in [3.05, 3.63) is 0 Å². The molecule has 5 nitrogen and oxygen atoms in total. The van der Waals surface area contributed by atoms with Crippen molar-refractivity contribution >= 4 is 11.9 Å². The molecular weight excluding hydrogens is 323 g/mol. The molecule has 3 fully saturated rings. The van der Waals surface area contributed by atoms with E-state index in [1.807, 2.05) is 0 Å². The number of nitrogens with one attached hydrogen (secondary N) is 2. The number of halogens is 3. The summed E-state index contributed by atoms with van der Waals surface area (Å²) in [5, 5.41) is 5.01. The molecule has 3 rings (SSSR count). The molecule has 3 aliphatic rings. The zero-order chi connectivity index (χ0) is 17.3. The van der Waals surface area contributed by atoms with Crippen molar-refractivity contribution in [1.82, 2.24) is 15.5 Å². The lowest BCUT2D eigenvalue weighted by Crippen LogP contribution is -2.56. The number of carbonyl (C=O) groups excluding carboxylic acids is 2. The number of urea groups is 1. The van der Waals surface area contributed by atoms with Crippen molar-refractivity contribution in [2.45, 2.75) is 75.7 Å². The summed E-state index contributed by atoms with van der Waals surface area (Å²) in [6.45, 7) is 0.323. The third-order valence-corrected chi connectivity index (χ3v) is 5.24. The summed E-state index contributed by atoms with van der Waals surface area (Å²) in [4.78, 5) is 25.9. The molecule has 0 bridgehead atoms. The third kappa shape index (κ3) is 3.95. The molecule has 2 saturated carbocycles. The molecule has 3 amide bonds. The van der Waals surface area contributed by atoms with Gasteiger partial charge >= 0.3 is 12.2 Å². The van der Waals surface area contributed by atoms with Crippen molar-refractivity contribution in [3.8, 4) is 0 Å². The van der Waals surface area contributed by atoms with Crippen LogP contribution in [0.15, 0.2) is 0 Å².